The number of hydrogen-bond donors (Lipinski definition) is 0. The third kappa shape index (κ3) is 6.68. The maximum atomic E-state index is 2.51. The molecular weight excluding hydrogens is 735 g/mol. The Kier molecular flexibility index (Phi) is 9.12. The Morgan fingerprint density at radius 1 is 0.377 bits per heavy atom. The van der Waals surface area contributed by atoms with Crippen LogP contribution in [-0.2, 0) is 18.3 Å². The fraction of sp³-hybridized carbons (Fsp3) is 0.100. The Labute approximate surface area is 359 Å². The van der Waals surface area contributed by atoms with Gasteiger partial charge in [0.1, 0.15) is 0 Å². The highest BCUT2D eigenvalue weighted by Crippen LogP contribution is 2.49. The van der Waals surface area contributed by atoms with Crippen LogP contribution in [0.5, 0.6) is 0 Å². The van der Waals surface area contributed by atoms with Crippen LogP contribution in [0.3, 0.4) is 0 Å². The molecule has 0 amide bonds. The van der Waals surface area contributed by atoms with Gasteiger partial charge in [-0.15, -0.1) is 0 Å². The van der Waals surface area contributed by atoms with E-state index in [1.54, 1.807) is 0 Å². The molecule has 292 valence electrons. The van der Waals surface area contributed by atoms with Crippen LogP contribution in [0.1, 0.15) is 47.6 Å². The molecule has 1 unspecified atom stereocenters. The van der Waals surface area contributed by atoms with E-state index in [0.29, 0.717) is 5.92 Å². The molecular formula is C60H47N. The van der Waals surface area contributed by atoms with Crippen LogP contribution in [0.2, 0.25) is 0 Å². The van der Waals surface area contributed by atoms with Crippen molar-refractivity contribution >= 4 is 21.8 Å². The largest absolute Gasteiger partial charge is 0.309 e. The summed E-state index contributed by atoms with van der Waals surface area (Å²) in [5.74, 6) is 0.296. The minimum atomic E-state index is -0.0143. The molecule has 9 aromatic carbocycles. The van der Waals surface area contributed by atoms with Gasteiger partial charge in [-0.3, -0.25) is 0 Å². The lowest BCUT2D eigenvalue weighted by Gasteiger charge is -2.23. The Hall–Kier alpha value is -7.22. The van der Waals surface area contributed by atoms with Crippen molar-refractivity contribution < 1.29 is 0 Å². The van der Waals surface area contributed by atoms with Crippen molar-refractivity contribution in [1.29, 1.82) is 0 Å². The van der Waals surface area contributed by atoms with Gasteiger partial charge in [-0.2, -0.15) is 0 Å². The van der Waals surface area contributed by atoms with Gasteiger partial charge in [-0.25, -0.2) is 0 Å². The van der Waals surface area contributed by atoms with Crippen molar-refractivity contribution in [1.82, 2.24) is 4.57 Å². The van der Waals surface area contributed by atoms with Crippen molar-refractivity contribution in [2.45, 2.75) is 38.0 Å². The molecule has 1 heteroatoms. The van der Waals surface area contributed by atoms with Crippen LogP contribution in [-0.4, -0.2) is 4.57 Å². The molecule has 1 aromatic heterocycles. The third-order valence-corrected chi connectivity index (χ3v) is 13.3. The summed E-state index contributed by atoms with van der Waals surface area (Å²) in [6, 6.07) is 81.0. The lowest BCUT2D eigenvalue weighted by molar-refractivity contribution is 0.656. The number of benzene rings is 9. The minimum absolute atomic E-state index is 0.0143. The zero-order valence-corrected chi connectivity index (χ0v) is 34.7. The molecule has 1 aliphatic carbocycles. The van der Waals surface area contributed by atoms with Crippen LogP contribution >= 0.6 is 0 Å². The van der Waals surface area contributed by atoms with Crippen molar-refractivity contribution in [2.24, 2.45) is 0 Å². The summed E-state index contributed by atoms with van der Waals surface area (Å²) < 4.78 is 2.47. The van der Waals surface area contributed by atoms with Crippen molar-refractivity contribution in [2.75, 3.05) is 0 Å². The van der Waals surface area contributed by atoms with Gasteiger partial charge >= 0.3 is 0 Å². The molecule has 0 radical (unpaired) electrons. The number of aromatic nitrogens is 1. The summed E-state index contributed by atoms with van der Waals surface area (Å²) in [7, 11) is 0. The second-order valence-corrected chi connectivity index (χ2v) is 17.3. The molecule has 0 saturated carbocycles. The van der Waals surface area contributed by atoms with E-state index >= 15 is 0 Å². The number of hydrogen-bond acceptors (Lipinski definition) is 0. The van der Waals surface area contributed by atoms with E-state index in [9.17, 15) is 0 Å². The summed E-state index contributed by atoms with van der Waals surface area (Å²) in [6.07, 6.45) is 1.89. The molecule has 0 spiro atoms. The third-order valence-electron chi connectivity index (χ3n) is 13.3. The highest BCUT2D eigenvalue weighted by molar-refractivity contribution is 6.11. The fourth-order valence-electron chi connectivity index (χ4n) is 10.0. The lowest BCUT2D eigenvalue weighted by atomic mass is 9.81. The van der Waals surface area contributed by atoms with E-state index in [4.69, 9.17) is 0 Å². The average molecular weight is 782 g/mol. The van der Waals surface area contributed by atoms with E-state index < -0.39 is 0 Å². The van der Waals surface area contributed by atoms with Crippen LogP contribution in [0.15, 0.2) is 218 Å². The van der Waals surface area contributed by atoms with Gasteiger partial charge in [0.25, 0.3) is 0 Å². The van der Waals surface area contributed by atoms with Crippen LogP contribution in [0.4, 0.5) is 0 Å². The second kappa shape index (κ2) is 15.1. The van der Waals surface area contributed by atoms with E-state index in [1.807, 2.05) is 0 Å². The van der Waals surface area contributed by atoms with Crippen molar-refractivity contribution in [3.63, 3.8) is 0 Å². The summed E-state index contributed by atoms with van der Waals surface area (Å²) in [5, 5.41) is 2.52. The highest BCUT2D eigenvalue weighted by Gasteiger charge is 2.35. The van der Waals surface area contributed by atoms with Crippen LogP contribution in [0, 0.1) is 0 Å². The van der Waals surface area contributed by atoms with E-state index in [0.717, 1.165) is 12.8 Å². The SMILES string of the molecule is CC1(C)c2ccccc2-c2cc(C(Cc3ccc(-c4ccccc4)cc3)Cc3ccc(-n4c5cc(-c6ccccc6)ccc5c5ccc(-c6ccccc6)cc54)cc3)ccc21. The van der Waals surface area contributed by atoms with E-state index in [-0.39, 0.29) is 5.41 Å². The normalized spacial score (nSPS) is 13.3. The topological polar surface area (TPSA) is 4.93 Å². The predicted molar refractivity (Wildman–Crippen MR) is 258 cm³/mol. The summed E-state index contributed by atoms with van der Waals surface area (Å²) in [6.45, 7) is 4.74. The highest BCUT2D eigenvalue weighted by atomic mass is 15.0. The Morgan fingerprint density at radius 3 is 1.38 bits per heavy atom. The molecule has 1 atom stereocenters. The first-order valence-electron chi connectivity index (χ1n) is 21.6. The monoisotopic (exact) mass is 781 g/mol. The molecule has 1 heterocycles. The molecule has 0 fully saturated rings. The predicted octanol–water partition coefficient (Wildman–Crippen LogP) is 15.7. The Morgan fingerprint density at radius 2 is 0.820 bits per heavy atom. The summed E-state index contributed by atoms with van der Waals surface area (Å²) >= 11 is 0. The molecule has 1 nitrogen and oxygen atoms in total. The standard InChI is InChI=1S/C60H47N/c1-60(2)56-21-13-12-20-52(56)55-38-47(30-35-57(55)60)50(36-41-22-26-46(27-23-41)43-14-6-3-7-15-43)37-42-24-31-51(32-25-42)61-58-39-48(44-16-8-4-9-17-44)28-33-53(58)54-34-29-49(40-59(54)61)45-18-10-5-11-19-45/h3-35,38-40,50H,36-37H2,1-2H3. The van der Waals surface area contributed by atoms with Gasteiger partial charge in [0, 0.05) is 21.9 Å². The molecule has 11 rings (SSSR count). The summed E-state index contributed by atoms with van der Waals surface area (Å²) in [4.78, 5) is 0. The molecule has 0 bridgehead atoms. The Balaban J connectivity index is 0.990. The maximum absolute atomic E-state index is 2.51. The molecule has 61 heavy (non-hydrogen) atoms. The van der Waals surface area contributed by atoms with Crippen molar-refractivity contribution in [3.05, 3.63) is 246 Å². The van der Waals surface area contributed by atoms with Crippen LogP contribution in [0.25, 0.3) is 72.0 Å². The summed E-state index contributed by atoms with van der Waals surface area (Å²) in [5.41, 5.74) is 20.7. The van der Waals surface area contributed by atoms with Gasteiger partial charge in [0.2, 0.25) is 0 Å². The molecule has 10 aromatic rings. The maximum Gasteiger partial charge on any atom is 0.0547 e. The van der Waals surface area contributed by atoms with Crippen LogP contribution < -0.4 is 0 Å². The van der Waals surface area contributed by atoms with Gasteiger partial charge in [-0.1, -0.05) is 208 Å². The smallest absolute Gasteiger partial charge is 0.0547 e. The first kappa shape index (κ1) is 36.8. The number of nitrogens with zero attached hydrogens (tertiary/aromatic N) is 1. The minimum Gasteiger partial charge on any atom is -0.309 e. The average Bonchev–Trinajstić information content (AvgIpc) is 3.77. The second-order valence-electron chi connectivity index (χ2n) is 17.3. The van der Waals surface area contributed by atoms with Gasteiger partial charge in [0.15, 0.2) is 0 Å². The number of fused-ring (bicyclic) bond motifs is 6. The van der Waals surface area contributed by atoms with E-state index in [1.165, 1.54) is 99.8 Å². The molecule has 1 aliphatic rings. The van der Waals surface area contributed by atoms with Gasteiger partial charge in [-0.05, 0) is 115 Å². The van der Waals surface area contributed by atoms with Gasteiger partial charge in [0.05, 0.1) is 11.0 Å². The zero-order chi connectivity index (χ0) is 40.9. The van der Waals surface area contributed by atoms with E-state index in [2.05, 4.69) is 237 Å². The fourth-order valence-corrected chi connectivity index (χ4v) is 10.0. The van der Waals surface area contributed by atoms with Gasteiger partial charge < -0.3 is 4.57 Å². The lowest BCUT2D eigenvalue weighted by Crippen LogP contribution is -2.15. The first-order valence-corrected chi connectivity index (χ1v) is 21.6. The molecule has 0 N–H and O–H groups in total. The molecule has 0 saturated heterocycles. The van der Waals surface area contributed by atoms with Crippen molar-refractivity contribution in [3.8, 4) is 50.2 Å². The zero-order valence-electron chi connectivity index (χ0n) is 34.7. The molecule has 0 aliphatic heterocycles. The Bertz CT molecular complexity index is 3080. The quantitative estimate of drug-likeness (QED) is 0.137. The number of rotatable bonds is 9. The first-order chi connectivity index (χ1) is 30.0.